The van der Waals surface area contributed by atoms with E-state index in [-0.39, 0.29) is 0 Å². The molecular weight excluding hydrogens is 228 g/mol. The molecule has 2 amide bonds. The summed E-state index contributed by atoms with van der Waals surface area (Å²) in [6, 6.07) is 6.34. The van der Waals surface area contributed by atoms with Crippen LogP contribution in [0.1, 0.15) is 6.92 Å². The second kappa shape index (κ2) is 6.09. The average Bonchev–Trinajstić information content (AvgIpc) is 2.29. The van der Waals surface area contributed by atoms with Crippen LogP contribution in [0.5, 0.6) is 0 Å². The standard InChI is InChI=1S/C10H13ClN4O/c1-7(6-12)14-15-10(16)13-9-4-2-8(11)3-5-9/h2-5H,6,12H2,1H3,(H2,13,15,16). The molecule has 0 atom stereocenters. The molecule has 0 heterocycles. The van der Waals surface area contributed by atoms with Crippen LogP contribution in [-0.4, -0.2) is 18.3 Å². The lowest BCUT2D eigenvalue weighted by Gasteiger charge is -2.04. The molecule has 86 valence electrons. The molecule has 16 heavy (non-hydrogen) atoms. The summed E-state index contributed by atoms with van der Waals surface area (Å²) in [5.41, 5.74) is 8.92. The predicted octanol–water partition coefficient (Wildman–Crippen LogP) is 1.80. The fourth-order valence-electron chi connectivity index (χ4n) is 0.884. The van der Waals surface area contributed by atoms with E-state index >= 15 is 0 Å². The first-order valence-corrected chi connectivity index (χ1v) is 5.05. The van der Waals surface area contributed by atoms with Gasteiger partial charge in [-0.1, -0.05) is 11.6 Å². The van der Waals surface area contributed by atoms with Gasteiger partial charge in [-0.05, 0) is 31.2 Å². The lowest BCUT2D eigenvalue weighted by molar-refractivity contribution is 0.252. The number of hydrogen-bond donors (Lipinski definition) is 3. The van der Waals surface area contributed by atoms with Crippen molar-refractivity contribution in [3.63, 3.8) is 0 Å². The first-order valence-electron chi connectivity index (χ1n) is 4.67. The molecule has 1 aromatic carbocycles. The number of rotatable bonds is 3. The van der Waals surface area contributed by atoms with Gasteiger partial charge in [-0.25, -0.2) is 10.2 Å². The van der Waals surface area contributed by atoms with Crippen LogP contribution in [0.2, 0.25) is 5.02 Å². The Balaban J connectivity index is 2.49. The summed E-state index contributed by atoms with van der Waals surface area (Å²) in [7, 11) is 0. The number of benzene rings is 1. The third kappa shape index (κ3) is 4.29. The zero-order valence-electron chi connectivity index (χ0n) is 8.83. The molecule has 1 rings (SSSR count). The minimum absolute atomic E-state index is 0.307. The van der Waals surface area contributed by atoms with Crippen LogP contribution in [0.25, 0.3) is 0 Å². The maximum Gasteiger partial charge on any atom is 0.339 e. The van der Waals surface area contributed by atoms with E-state index in [0.29, 0.717) is 23.0 Å². The van der Waals surface area contributed by atoms with Gasteiger partial charge in [-0.15, -0.1) is 0 Å². The topological polar surface area (TPSA) is 79.5 Å². The molecule has 0 saturated heterocycles. The molecule has 0 unspecified atom stereocenters. The maximum absolute atomic E-state index is 11.3. The Bertz CT molecular complexity index is 388. The molecule has 0 aliphatic rings. The third-order valence-corrected chi connectivity index (χ3v) is 2.00. The molecule has 1 aromatic rings. The van der Waals surface area contributed by atoms with E-state index in [4.69, 9.17) is 17.3 Å². The first-order chi connectivity index (χ1) is 7.61. The number of nitrogens with zero attached hydrogens (tertiary/aromatic N) is 1. The zero-order chi connectivity index (χ0) is 12.0. The number of amides is 2. The van der Waals surface area contributed by atoms with Gasteiger partial charge in [0.05, 0.1) is 0 Å². The fourth-order valence-corrected chi connectivity index (χ4v) is 1.01. The van der Waals surface area contributed by atoms with Crippen LogP contribution in [-0.2, 0) is 0 Å². The van der Waals surface area contributed by atoms with Crippen molar-refractivity contribution in [2.75, 3.05) is 11.9 Å². The van der Waals surface area contributed by atoms with Gasteiger partial charge in [0.1, 0.15) is 0 Å². The second-order valence-corrected chi connectivity index (χ2v) is 3.56. The summed E-state index contributed by atoms with van der Waals surface area (Å²) >= 11 is 5.71. The lowest BCUT2D eigenvalue weighted by Crippen LogP contribution is -2.26. The van der Waals surface area contributed by atoms with E-state index < -0.39 is 6.03 Å². The number of nitrogens with one attached hydrogen (secondary N) is 2. The molecule has 0 spiro atoms. The van der Waals surface area contributed by atoms with Crippen molar-refractivity contribution in [1.82, 2.24) is 5.43 Å². The Morgan fingerprint density at radius 2 is 2.06 bits per heavy atom. The fraction of sp³-hybridized carbons (Fsp3) is 0.200. The van der Waals surface area contributed by atoms with E-state index in [2.05, 4.69) is 15.8 Å². The van der Waals surface area contributed by atoms with Gasteiger partial charge in [-0.3, -0.25) is 0 Å². The summed E-state index contributed by atoms with van der Waals surface area (Å²) in [6.45, 7) is 2.03. The number of carbonyl (C=O) groups is 1. The number of anilines is 1. The highest BCUT2D eigenvalue weighted by Crippen LogP contribution is 2.12. The minimum atomic E-state index is -0.421. The maximum atomic E-state index is 11.3. The van der Waals surface area contributed by atoms with Gasteiger partial charge in [-0.2, -0.15) is 5.10 Å². The van der Waals surface area contributed by atoms with Gasteiger partial charge in [0, 0.05) is 23.0 Å². The molecule has 6 heteroatoms. The molecule has 0 aromatic heterocycles. The Morgan fingerprint density at radius 1 is 1.44 bits per heavy atom. The molecule has 4 N–H and O–H groups in total. The van der Waals surface area contributed by atoms with Crippen LogP contribution in [0.3, 0.4) is 0 Å². The van der Waals surface area contributed by atoms with E-state index in [1.165, 1.54) is 0 Å². The summed E-state index contributed by atoms with van der Waals surface area (Å²) in [5, 5.41) is 6.97. The highest BCUT2D eigenvalue weighted by Gasteiger charge is 1.99. The number of hydrogen-bond acceptors (Lipinski definition) is 3. The van der Waals surface area contributed by atoms with Crippen molar-refractivity contribution >= 4 is 29.0 Å². The van der Waals surface area contributed by atoms with E-state index in [9.17, 15) is 4.79 Å². The molecule has 0 fully saturated rings. The van der Waals surface area contributed by atoms with Crippen molar-refractivity contribution in [2.45, 2.75) is 6.92 Å². The third-order valence-electron chi connectivity index (χ3n) is 1.75. The minimum Gasteiger partial charge on any atom is -0.325 e. The summed E-state index contributed by atoms with van der Waals surface area (Å²) in [6.07, 6.45) is 0. The number of urea groups is 1. The highest BCUT2D eigenvalue weighted by molar-refractivity contribution is 6.30. The van der Waals surface area contributed by atoms with E-state index in [1.807, 2.05) is 0 Å². The number of nitrogens with two attached hydrogens (primary N) is 1. The normalized spacial score (nSPS) is 11.1. The average molecular weight is 241 g/mol. The zero-order valence-corrected chi connectivity index (χ0v) is 9.58. The SMILES string of the molecule is CC(CN)=NNC(=O)Nc1ccc(Cl)cc1. The van der Waals surface area contributed by atoms with E-state index in [1.54, 1.807) is 31.2 Å². The van der Waals surface area contributed by atoms with Gasteiger partial charge in [0.15, 0.2) is 0 Å². The number of hydrazone groups is 1. The summed E-state index contributed by atoms with van der Waals surface area (Å²) < 4.78 is 0. The molecular formula is C10H13ClN4O. The lowest BCUT2D eigenvalue weighted by atomic mass is 10.3. The second-order valence-electron chi connectivity index (χ2n) is 3.12. The molecule has 0 saturated carbocycles. The van der Waals surface area contributed by atoms with Crippen molar-refractivity contribution in [1.29, 1.82) is 0 Å². The quantitative estimate of drug-likeness (QED) is 0.556. The smallest absolute Gasteiger partial charge is 0.325 e. The highest BCUT2D eigenvalue weighted by atomic mass is 35.5. The molecule has 0 bridgehead atoms. The monoisotopic (exact) mass is 240 g/mol. The molecule has 5 nitrogen and oxygen atoms in total. The van der Waals surface area contributed by atoms with E-state index in [0.717, 1.165) is 0 Å². The van der Waals surface area contributed by atoms with Gasteiger partial charge >= 0.3 is 6.03 Å². The van der Waals surface area contributed by atoms with Crippen LogP contribution in [0, 0.1) is 0 Å². The molecule has 0 radical (unpaired) electrons. The number of carbonyl (C=O) groups excluding carboxylic acids is 1. The Labute approximate surface area is 98.7 Å². The Kier molecular flexibility index (Phi) is 4.75. The van der Waals surface area contributed by atoms with Gasteiger partial charge in [0.2, 0.25) is 0 Å². The van der Waals surface area contributed by atoms with Crippen molar-refractivity contribution in [3.05, 3.63) is 29.3 Å². The van der Waals surface area contributed by atoms with Crippen molar-refractivity contribution in [3.8, 4) is 0 Å². The summed E-state index contributed by atoms with van der Waals surface area (Å²) in [5.74, 6) is 0. The van der Waals surface area contributed by atoms with Gasteiger partial charge in [0.25, 0.3) is 0 Å². The summed E-state index contributed by atoms with van der Waals surface area (Å²) in [4.78, 5) is 11.3. The van der Waals surface area contributed by atoms with Crippen LogP contribution < -0.4 is 16.5 Å². The first kappa shape index (κ1) is 12.5. The van der Waals surface area contributed by atoms with Crippen molar-refractivity contribution < 1.29 is 4.79 Å². The van der Waals surface area contributed by atoms with Crippen LogP contribution in [0.4, 0.5) is 10.5 Å². The predicted molar refractivity (Wildman–Crippen MR) is 65.8 cm³/mol. The van der Waals surface area contributed by atoms with Crippen LogP contribution in [0.15, 0.2) is 29.4 Å². The largest absolute Gasteiger partial charge is 0.339 e. The Morgan fingerprint density at radius 3 is 2.62 bits per heavy atom. The molecule has 0 aliphatic carbocycles. The number of halogens is 1. The van der Waals surface area contributed by atoms with Crippen molar-refractivity contribution in [2.24, 2.45) is 10.8 Å². The van der Waals surface area contributed by atoms with Gasteiger partial charge < -0.3 is 11.1 Å². The molecule has 0 aliphatic heterocycles. The van der Waals surface area contributed by atoms with Crippen LogP contribution >= 0.6 is 11.6 Å². The Hall–Kier alpha value is -1.59.